The molecule has 2 rings (SSSR count). The molecule has 0 saturated heterocycles. The van der Waals surface area contributed by atoms with E-state index in [9.17, 15) is 13.2 Å². The predicted molar refractivity (Wildman–Crippen MR) is 67.8 cm³/mol. The molecule has 108 valence electrons. The van der Waals surface area contributed by atoms with Gasteiger partial charge in [0.05, 0.1) is 17.6 Å². The molecule has 1 N–H and O–H groups in total. The van der Waals surface area contributed by atoms with Crippen molar-refractivity contribution in [1.82, 2.24) is 20.3 Å². The van der Waals surface area contributed by atoms with Crippen LogP contribution in [0.4, 0.5) is 13.2 Å². The third-order valence-electron chi connectivity index (χ3n) is 2.69. The summed E-state index contributed by atoms with van der Waals surface area (Å²) in [6.07, 6.45) is 1.49. The lowest BCUT2D eigenvalue weighted by Gasteiger charge is -2.09. The van der Waals surface area contributed by atoms with E-state index in [1.165, 1.54) is 10.9 Å². The van der Waals surface area contributed by atoms with Gasteiger partial charge in [-0.2, -0.15) is 0 Å². The summed E-state index contributed by atoms with van der Waals surface area (Å²) >= 11 is 0. The minimum Gasteiger partial charge on any atom is -0.311 e. The molecule has 1 aromatic carbocycles. The van der Waals surface area contributed by atoms with E-state index in [-0.39, 0.29) is 5.69 Å². The zero-order valence-electron chi connectivity index (χ0n) is 11.2. The third-order valence-corrected chi connectivity index (χ3v) is 2.69. The standard InChI is InChI=1S/C13H15F3N4/c1-8(2)5-17-6-10-7-18-19-20(10)9-3-11(14)13(16)12(15)4-9/h3-4,7-8,17H,5-6H2,1-2H3. The van der Waals surface area contributed by atoms with Crippen LogP contribution in [-0.4, -0.2) is 21.5 Å². The molecule has 0 fully saturated rings. The molecule has 20 heavy (non-hydrogen) atoms. The number of hydrogen-bond donors (Lipinski definition) is 1. The highest BCUT2D eigenvalue weighted by Gasteiger charge is 2.14. The Kier molecular flexibility index (Phi) is 4.39. The maximum absolute atomic E-state index is 13.2. The van der Waals surface area contributed by atoms with Crippen LogP contribution >= 0.6 is 0 Å². The fourth-order valence-electron chi connectivity index (χ4n) is 1.75. The number of halogens is 3. The van der Waals surface area contributed by atoms with Gasteiger partial charge in [-0.25, -0.2) is 17.9 Å². The normalized spacial score (nSPS) is 11.3. The Bertz CT molecular complexity index is 572. The third kappa shape index (κ3) is 3.16. The molecular formula is C13H15F3N4. The van der Waals surface area contributed by atoms with Gasteiger partial charge >= 0.3 is 0 Å². The lowest BCUT2D eigenvalue weighted by atomic mass is 10.2. The summed E-state index contributed by atoms with van der Waals surface area (Å²) in [5.74, 6) is -3.53. The zero-order valence-corrected chi connectivity index (χ0v) is 11.2. The molecule has 0 radical (unpaired) electrons. The number of aromatic nitrogens is 3. The fraction of sp³-hybridized carbons (Fsp3) is 0.385. The fourth-order valence-corrected chi connectivity index (χ4v) is 1.75. The molecule has 0 aliphatic rings. The highest BCUT2D eigenvalue weighted by atomic mass is 19.2. The van der Waals surface area contributed by atoms with Gasteiger partial charge in [0, 0.05) is 18.7 Å². The lowest BCUT2D eigenvalue weighted by Crippen LogP contribution is -2.21. The van der Waals surface area contributed by atoms with Crippen LogP contribution in [-0.2, 0) is 6.54 Å². The van der Waals surface area contributed by atoms with E-state index in [1.807, 2.05) is 0 Å². The van der Waals surface area contributed by atoms with Gasteiger partial charge in [0.25, 0.3) is 0 Å². The van der Waals surface area contributed by atoms with E-state index in [4.69, 9.17) is 0 Å². The molecule has 2 aromatic rings. The summed E-state index contributed by atoms with van der Waals surface area (Å²) in [4.78, 5) is 0. The molecule has 0 saturated carbocycles. The monoisotopic (exact) mass is 284 g/mol. The highest BCUT2D eigenvalue weighted by Crippen LogP contribution is 2.17. The van der Waals surface area contributed by atoms with E-state index in [1.54, 1.807) is 0 Å². The Labute approximate surface area is 114 Å². The van der Waals surface area contributed by atoms with E-state index in [0.29, 0.717) is 18.2 Å². The Morgan fingerprint density at radius 1 is 1.20 bits per heavy atom. The van der Waals surface area contributed by atoms with Crippen molar-refractivity contribution in [3.8, 4) is 5.69 Å². The second kappa shape index (κ2) is 6.04. The molecule has 0 unspecified atom stereocenters. The van der Waals surface area contributed by atoms with Crippen molar-refractivity contribution in [2.75, 3.05) is 6.54 Å². The van der Waals surface area contributed by atoms with E-state index < -0.39 is 17.5 Å². The number of hydrogen-bond acceptors (Lipinski definition) is 3. The molecule has 0 atom stereocenters. The molecule has 0 aliphatic carbocycles. The summed E-state index contributed by atoms with van der Waals surface area (Å²) < 4.78 is 40.7. The van der Waals surface area contributed by atoms with Crippen LogP contribution in [0.25, 0.3) is 5.69 Å². The molecule has 0 aliphatic heterocycles. The summed E-state index contributed by atoms with van der Waals surface area (Å²) in [6, 6.07) is 1.78. The average molecular weight is 284 g/mol. The van der Waals surface area contributed by atoms with Gasteiger partial charge < -0.3 is 5.32 Å². The largest absolute Gasteiger partial charge is 0.311 e. The van der Waals surface area contributed by atoms with Crippen molar-refractivity contribution in [3.05, 3.63) is 41.5 Å². The molecular weight excluding hydrogens is 269 g/mol. The van der Waals surface area contributed by atoms with Crippen LogP contribution in [0.15, 0.2) is 18.3 Å². The van der Waals surface area contributed by atoms with Crippen molar-refractivity contribution >= 4 is 0 Å². The predicted octanol–water partition coefficient (Wildman–Crippen LogP) is 2.43. The number of rotatable bonds is 5. The molecule has 1 heterocycles. The topological polar surface area (TPSA) is 42.7 Å². The summed E-state index contributed by atoms with van der Waals surface area (Å²) in [7, 11) is 0. The molecule has 1 aromatic heterocycles. The summed E-state index contributed by atoms with van der Waals surface area (Å²) in [5.41, 5.74) is 0.733. The minimum absolute atomic E-state index is 0.0975. The van der Waals surface area contributed by atoms with Crippen molar-refractivity contribution in [2.24, 2.45) is 5.92 Å². The van der Waals surface area contributed by atoms with Gasteiger partial charge in [-0.3, -0.25) is 0 Å². The zero-order chi connectivity index (χ0) is 14.7. The first-order chi connectivity index (χ1) is 9.49. The Hall–Kier alpha value is -1.89. The molecule has 0 bridgehead atoms. The Balaban J connectivity index is 2.23. The van der Waals surface area contributed by atoms with Gasteiger partial charge in [0.15, 0.2) is 17.5 Å². The van der Waals surface area contributed by atoms with Crippen molar-refractivity contribution in [2.45, 2.75) is 20.4 Å². The number of nitrogens with zero attached hydrogens (tertiary/aromatic N) is 3. The molecule has 0 spiro atoms. The van der Waals surface area contributed by atoms with Gasteiger partial charge in [-0.1, -0.05) is 19.1 Å². The average Bonchev–Trinajstić information content (AvgIpc) is 2.83. The highest BCUT2D eigenvalue weighted by molar-refractivity contribution is 5.33. The number of benzene rings is 1. The lowest BCUT2D eigenvalue weighted by molar-refractivity contribution is 0.445. The maximum atomic E-state index is 13.2. The van der Waals surface area contributed by atoms with Crippen LogP contribution in [0.5, 0.6) is 0 Å². The van der Waals surface area contributed by atoms with Crippen molar-refractivity contribution in [1.29, 1.82) is 0 Å². The summed E-state index contributed by atoms with van der Waals surface area (Å²) in [5, 5.41) is 10.7. The summed E-state index contributed by atoms with van der Waals surface area (Å²) in [6.45, 7) is 5.36. The van der Waals surface area contributed by atoms with Crippen LogP contribution < -0.4 is 5.32 Å². The number of nitrogens with one attached hydrogen (secondary N) is 1. The Morgan fingerprint density at radius 2 is 1.85 bits per heavy atom. The van der Waals surface area contributed by atoms with Crippen LogP contribution in [0.1, 0.15) is 19.5 Å². The van der Waals surface area contributed by atoms with Gasteiger partial charge in [0.2, 0.25) is 0 Å². The van der Waals surface area contributed by atoms with E-state index in [0.717, 1.165) is 18.7 Å². The van der Waals surface area contributed by atoms with E-state index in [2.05, 4.69) is 29.5 Å². The molecule has 4 nitrogen and oxygen atoms in total. The smallest absolute Gasteiger partial charge is 0.194 e. The van der Waals surface area contributed by atoms with Gasteiger partial charge in [-0.15, -0.1) is 5.10 Å². The maximum Gasteiger partial charge on any atom is 0.194 e. The first-order valence-corrected chi connectivity index (χ1v) is 6.24. The second-order valence-corrected chi connectivity index (χ2v) is 4.89. The molecule has 0 amide bonds. The second-order valence-electron chi connectivity index (χ2n) is 4.89. The first kappa shape index (κ1) is 14.5. The van der Waals surface area contributed by atoms with Gasteiger partial charge in [0.1, 0.15) is 0 Å². The SMILES string of the molecule is CC(C)CNCc1cnnn1-c1cc(F)c(F)c(F)c1. The quantitative estimate of drug-likeness (QED) is 0.858. The van der Waals surface area contributed by atoms with E-state index >= 15 is 0 Å². The van der Waals surface area contributed by atoms with Crippen LogP contribution in [0, 0.1) is 23.4 Å². The van der Waals surface area contributed by atoms with Crippen molar-refractivity contribution < 1.29 is 13.2 Å². The minimum atomic E-state index is -1.49. The van der Waals surface area contributed by atoms with Gasteiger partial charge in [-0.05, 0) is 12.5 Å². The first-order valence-electron chi connectivity index (χ1n) is 6.24. The Morgan fingerprint density at radius 3 is 2.45 bits per heavy atom. The van der Waals surface area contributed by atoms with Crippen molar-refractivity contribution in [3.63, 3.8) is 0 Å². The molecule has 7 heteroatoms. The van der Waals surface area contributed by atoms with Crippen LogP contribution in [0.3, 0.4) is 0 Å². The van der Waals surface area contributed by atoms with Crippen LogP contribution in [0.2, 0.25) is 0 Å².